The zero-order valence-corrected chi connectivity index (χ0v) is 13.7. The molecule has 1 aromatic heterocycles. The van der Waals surface area contributed by atoms with E-state index in [1.807, 2.05) is 20.8 Å². The molecule has 1 aromatic rings. The topological polar surface area (TPSA) is 68.3 Å². The molecule has 0 saturated carbocycles. The predicted molar refractivity (Wildman–Crippen MR) is 80.1 cm³/mol. The number of carbonyl (C=O) groups is 2. The number of nitrogens with zero attached hydrogens (tertiary/aromatic N) is 1. The van der Waals surface area contributed by atoms with Crippen molar-refractivity contribution >= 4 is 33.6 Å². The van der Waals surface area contributed by atoms with Crippen molar-refractivity contribution in [1.29, 1.82) is 0 Å². The number of aromatic nitrogens is 1. The van der Waals surface area contributed by atoms with E-state index in [0.29, 0.717) is 5.82 Å². The molecule has 0 spiro atoms. The average Bonchev–Trinajstić information content (AvgIpc) is 2.30. The Kier molecular flexibility index (Phi) is 5.68. The van der Waals surface area contributed by atoms with Crippen LogP contribution < -0.4 is 5.32 Å². The van der Waals surface area contributed by atoms with Crippen molar-refractivity contribution in [3.05, 3.63) is 22.8 Å². The number of hydrogen-bond donors (Lipinski definition) is 1. The third-order valence-electron chi connectivity index (χ3n) is 2.63. The van der Waals surface area contributed by atoms with Crippen LogP contribution in [0, 0.1) is 11.3 Å². The Labute approximate surface area is 127 Å². The SMILES string of the molecule is CCOC(=O)C(C(=O)Nc1ccc(Br)cn1)C(C)(C)C. The molecule has 0 saturated heterocycles. The molecule has 6 heteroatoms. The molecule has 1 rings (SSSR count). The summed E-state index contributed by atoms with van der Waals surface area (Å²) in [5.41, 5.74) is -0.536. The fourth-order valence-electron chi connectivity index (χ4n) is 1.73. The molecule has 1 amide bonds. The molecule has 0 bridgehead atoms. The van der Waals surface area contributed by atoms with Crippen LogP contribution in [0.4, 0.5) is 5.82 Å². The lowest BCUT2D eigenvalue weighted by Crippen LogP contribution is -2.40. The normalized spacial score (nSPS) is 12.7. The largest absolute Gasteiger partial charge is 0.465 e. The van der Waals surface area contributed by atoms with Crippen molar-refractivity contribution in [3.8, 4) is 0 Å². The van der Waals surface area contributed by atoms with E-state index in [1.165, 1.54) is 0 Å². The summed E-state index contributed by atoms with van der Waals surface area (Å²) in [6, 6.07) is 3.42. The number of hydrogen-bond acceptors (Lipinski definition) is 4. The van der Waals surface area contributed by atoms with E-state index in [-0.39, 0.29) is 6.61 Å². The van der Waals surface area contributed by atoms with Crippen LogP contribution in [-0.2, 0) is 14.3 Å². The monoisotopic (exact) mass is 342 g/mol. The zero-order valence-electron chi connectivity index (χ0n) is 12.1. The number of halogens is 1. The lowest BCUT2D eigenvalue weighted by atomic mass is 9.80. The van der Waals surface area contributed by atoms with E-state index in [1.54, 1.807) is 25.3 Å². The summed E-state index contributed by atoms with van der Waals surface area (Å²) < 4.78 is 5.79. The lowest BCUT2D eigenvalue weighted by molar-refractivity contribution is -0.155. The smallest absolute Gasteiger partial charge is 0.319 e. The number of nitrogens with one attached hydrogen (secondary N) is 1. The molecule has 0 radical (unpaired) electrons. The maximum atomic E-state index is 12.3. The van der Waals surface area contributed by atoms with Crippen molar-refractivity contribution in [2.75, 3.05) is 11.9 Å². The lowest BCUT2D eigenvalue weighted by Gasteiger charge is -2.27. The van der Waals surface area contributed by atoms with Crippen LogP contribution in [0.25, 0.3) is 0 Å². The minimum atomic E-state index is -0.882. The standard InChI is InChI=1S/C14H19BrN2O3/c1-5-20-13(19)11(14(2,3)4)12(18)17-10-7-6-9(15)8-16-10/h6-8,11H,5H2,1-4H3,(H,16,17,18). The van der Waals surface area contributed by atoms with Crippen LogP contribution in [0.5, 0.6) is 0 Å². The predicted octanol–water partition coefficient (Wildman–Crippen LogP) is 3.01. The average molecular weight is 343 g/mol. The van der Waals surface area contributed by atoms with Gasteiger partial charge >= 0.3 is 5.97 Å². The first kappa shape index (κ1) is 16.6. The second kappa shape index (κ2) is 6.83. The third-order valence-corrected chi connectivity index (χ3v) is 3.10. The molecule has 0 aliphatic carbocycles. The molecule has 1 heterocycles. The van der Waals surface area contributed by atoms with Gasteiger partial charge in [-0.2, -0.15) is 0 Å². The molecule has 0 fully saturated rings. The highest BCUT2D eigenvalue weighted by Crippen LogP contribution is 2.28. The Morgan fingerprint density at radius 3 is 2.50 bits per heavy atom. The summed E-state index contributed by atoms with van der Waals surface area (Å²) in [6.07, 6.45) is 1.58. The molecule has 5 nitrogen and oxygen atoms in total. The molecule has 110 valence electrons. The Hall–Kier alpha value is -1.43. The molecule has 20 heavy (non-hydrogen) atoms. The molecule has 1 atom stereocenters. The summed E-state index contributed by atoms with van der Waals surface area (Å²) in [6.45, 7) is 7.43. The summed E-state index contributed by atoms with van der Waals surface area (Å²) in [7, 11) is 0. The van der Waals surface area contributed by atoms with Crippen LogP contribution >= 0.6 is 15.9 Å². The van der Waals surface area contributed by atoms with Gasteiger partial charge in [0.25, 0.3) is 0 Å². The second-order valence-electron chi connectivity index (χ2n) is 5.40. The molecular formula is C14H19BrN2O3. The zero-order chi connectivity index (χ0) is 15.3. The van der Waals surface area contributed by atoms with Crippen LogP contribution in [0.1, 0.15) is 27.7 Å². The minimum absolute atomic E-state index is 0.245. The van der Waals surface area contributed by atoms with Gasteiger partial charge in [-0.15, -0.1) is 0 Å². The fraction of sp³-hybridized carbons (Fsp3) is 0.500. The molecular weight excluding hydrogens is 324 g/mol. The van der Waals surface area contributed by atoms with Crippen molar-refractivity contribution in [2.45, 2.75) is 27.7 Å². The summed E-state index contributed by atoms with van der Waals surface area (Å²) in [4.78, 5) is 28.3. The number of carbonyl (C=O) groups excluding carboxylic acids is 2. The van der Waals surface area contributed by atoms with Gasteiger partial charge in [-0.25, -0.2) is 4.98 Å². The van der Waals surface area contributed by atoms with E-state index in [9.17, 15) is 9.59 Å². The first-order chi connectivity index (χ1) is 9.25. The van der Waals surface area contributed by atoms with Crippen molar-refractivity contribution in [2.24, 2.45) is 11.3 Å². The highest BCUT2D eigenvalue weighted by atomic mass is 79.9. The van der Waals surface area contributed by atoms with Crippen LogP contribution in [0.15, 0.2) is 22.8 Å². The number of anilines is 1. The van der Waals surface area contributed by atoms with Crippen LogP contribution in [0.2, 0.25) is 0 Å². The summed E-state index contributed by atoms with van der Waals surface area (Å²) in [5.74, 6) is -1.41. The van der Waals surface area contributed by atoms with Crippen molar-refractivity contribution < 1.29 is 14.3 Å². The Bertz CT molecular complexity index is 480. The quantitative estimate of drug-likeness (QED) is 0.674. The van der Waals surface area contributed by atoms with Gasteiger partial charge in [0, 0.05) is 10.7 Å². The van der Waals surface area contributed by atoms with Gasteiger partial charge in [-0.1, -0.05) is 20.8 Å². The Morgan fingerprint density at radius 2 is 2.05 bits per heavy atom. The number of amides is 1. The molecule has 0 aliphatic rings. The summed E-state index contributed by atoms with van der Waals surface area (Å²) >= 11 is 3.27. The van der Waals surface area contributed by atoms with E-state index in [2.05, 4.69) is 26.2 Å². The van der Waals surface area contributed by atoms with Crippen molar-refractivity contribution in [3.63, 3.8) is 0 Å². The second-order valence-corrected chi connectivity index (χ2v) is 6.32. The van der Waals surface area contributed by atoms with Gasteiger partial charge in [-0.05, 0) is 40.4 Å². The fourth-order valence-corrected chi connectivity index (χ4v) is 1.96. The maximum absolute atomic E-state index is 12.3. The summed E-state index contributed by atoms with van der Waals surface area (Å²) in [5, 5.41) is 2.64. The van der Waals surface area contributed by atoms with E-state index >= 15 is 0 Å². The number of rotatable bonds is 4. The van der Waals surface area contributed by atoms with Crippen LogP contribution in [0.3, 0.4) is 0 Å². The molecule has 1 unspecified atom stereocenters. The van der Waals surface area contributed by atoms with Gasteiger partial charge < -0.3 is 10.1 Å². The highest BCUT2D eigenvalue weighted by Gasteiger charge is 2.39. The van der Waals surface area contributed by atoms with E-state index in [0.717, 1.165) is 4.47 Å². The van der Waals surface area contributed by atoms with Gasteiger partial charge in [0.05, 0.1) is 6.61 Å². The molecule has 0 aliphatic heterocycles. The Balaban J connectivity index is 2.88. The first-order valence-electron chi connectivity index (χ1n) is 6.34. The number of esters is 1. The third kappa shape index (κ3) is 4.59. The molecule has 0 aromatic carbocycles. The van der Waals surface area contributed by atoms with Crippen molar-refractivity contribution in [1.82, 2.24) is 4.98 Å². The van der Waals surface area contributed by atoms with Crippen LogP contribution in [-0.4, -0.2) is 23.5 Å². The van der Waals surface area contributed by atoms with Gasteiger partial charge in [0.1, 0.15) is 11.7 Å². The number of pyridine rings is 1. The molecule has 1 N–H and O–H groups in total. The van der Waals surface area contributed by atoms with Gasteiger partial charge in [0.15, 0.2) is 0 Å². The first-order valence-corrected chi connectivity index (χ1v) is 7.14. The van der Waals surface area contributed by atoms with E-state index in [4.69, 9.17) is 4.74 Å². The van der Waals surface area contributed by atoms with Gasteiger partial charge in [-0.3, -0.25) is 9.59 Å². The highest BCUT2D eigenvalue weighted by molar-refractivity contribution is 9.10. The minimum Gasteiger partial charge on any atom is -0.465 e. The Morgan fingerprint density at radius 1 is 1.40 bits per heavy atom. The maximum Gasteiger partial charge on any atom is 0.319 e. The van der Waals surface area contributed by atoms with Gasteiger partial charge in [0.2, 0.25) is 5.91 Å². The van der Waals surface area contributed by atoms with E-state index < -0.39 is 23.2 Å². The number of ether oxygens (including phenoxy) is 1.